The van der Waals surface area contributed by atoms with E-state index in [2.05, 4.69) is 25.9 Å². The lowest BCUT2D eigenvalue weighted by Crippen LogP contribution is -1.97. The van der Waals surface area contributed by atoms with E-state index in [0.717, 1.165) is 5.56 Å². The summed E-state index contributed by atoms with van der Waals surface area (Å²) in [5, 5.41) is 0. The van der Waals surface area contributed by atoms with Crippen LogP contribution in [0.4, 0.5) is 0 Å². The van der Waals surface area contributed by atoms with Crippen molar-refractivity contribution in [3.63, 3.8) is 0 Å². The summed E-state index contributed by atoms with van der Waals surface area (Å²) in [6.07, 6.45) is 3.00. The second kappa shape index (κ2) is 5.88. The third-order valence-electron chi connectivity index (χ3n) is 2.74. The van der Waals surface area contributed by atoms with E-state index in [1.807, 2.05) is 42.5 Å². The molecule has 0 atom stereocenters. The number of pyridine rings is 1. The van der Waals surface area contributed by atoms with Crippen LogP contribution in [0.1, 0.15) is 5.56 Å². The number of hydrogen-bond donors (Lipinski definition) is 0. The van der Waals surface area contributed by atoms with Gasteiger partial charge in [0.25, 0.3) is 0 Å². The topological polar surface area (TPSA) is 48.2 Å². The molecule has 5 heteroatoms. The van der Waals surface area contributed by atoms with Crippen molar-refractivity contribution in [1.82, 2.24) is 9.97 Å². The Bertz CT molecular complexity index is 684. The molecule has 4 nitrogen and oxygen atoms in total. The Morgan fingerprint density at radius 2 is 1.95 bits per heavy atom. The number of ether oxygens (including phenoxy) is 1. The van der Waals surface area contributed by atoms with E-state index in [-0.39, 0.29) is 0 Å². The van der Waals surface area contributed by atoms with Gasteiger partial charge in [0.15, 0.2) is 17.9 Å². The smallest absolute Gasteiger partial charge is 0.181 e. The molecule has 0 amide bonds. The Morgan fingerprint density at radius 1 is 1.10 bits per heavy atom. The second-order valence-corrected chi connectivity index (χ2v) is 4.88. The summed E-state index contributed by atoms with van der Waals surface area (Å²) in [5.74, 6) is 1.32. The molecule has 0 saturated heterocycles. The first-order chi connectivity index (χ1) is 9.83. The minimum atomic E-state index is 0.503. The molecule has 20 heavy (non-hydrogen) atoms. The minimum Gasteiger partial charge on any atom is -0.486 e. The number of oxazole rings is 1. The van der Waals surface area contributed by atoms with E-state index < -0.39 is 0 Å². The molecule has 0 N–H and O–H groups in total. The SMILES string of the molecule is Brc1nc(-c2cnco2)ccc1OCc1ccccc1. The molecule has 0 fully saturated rings. The van der Waals surface area contributed by atoms with Gasteiger partial charge in [0, 0.05) is 0 Å². The third kappa shape index (κ3) is 2.88. The van der Waals surface area contributed by atoms with Gasteiger partial charge < -0.3 is 9.15 Å². The zero-order valence-electron chi connectivity index (χ0n) is 10.5. The summed E-state index contributed by atoms with van der Waals surface area (Å²) in [4.78, 5) is 8.26. The maximum atomic E-state index is 5.74. The van der Waals surface area contributed by atoms with Crippen molar-refractivity contribution in [2.45, 2.75) is 6.61 Å². The third-order valence-corrected chi connectivity index (χ3v) is 3.30. The Hall–Kier alpha value is -2.14. The van der Waals surface area contributed by atoms with Crippen LogP contribution in [0.2, 0.25) is 0 Å². The number of rotatable bonds is 4. The van der Waals surface area contributed by atoms with Crippen LogP contribution < -0.4 is 4.74 Å². The molecule has 0 aliphatic heterocycles. The van der Waals surface area contributed by atoms with Crippen LogP contribution in [0, 0.1) is 0 Å². The van der Waals surface area contributed by atoms with Gasteiger partial charge >= 0.3 is 0 Å². The van der Waals surface area contributed by atoms with Gasteiger partial charge in [0.1, 0.15) is 16.9 Å². The Morgan fingerprint density at radius 3 is 2.65 bits per heavy atom. The molecule has 3 aromatic rings. The largest absolute Gasteiger partial charge is 0.486 e. The molecular weight excluding hydrogens is 320 g/mol. The van der Waals surface area contributed by atoms with Crippen molar-refractivity contribution in [1.29, 1.82) is 0 Å². The summed E-state index contributed by atoms with van der Waals surface area (Å²) in [5.41, 5.74) is 1.82. The predicted octanol–water partition coefficient (Wildman–Crippen LogP) is 4.08. The predicted molar refractivity (Wildman–Crippen MR) is 78.2 cm³/mol. The standard InChI is InChI=1S/C15H11BrN2O2/c16-15-13(19-9-11-4-2-1-3-5-11)7-6-12(18-15)14-8-17-10-20-14/h1-8,10H,9H2. The summed E-state index contributed by atoms with van der Waals surface area (Å²) in [6.45, 7) is 0.503. The fourth-order valence-electron chi connectivity index (χ4n) is 1.74. The summed E-state index contributed by atoms with van der Waals surface area (Å²) < 4.78 is 11.6. The minimum absolute atomic E-state index is 0.503. The van der Waals surface area contributed by atoms with E-state index in [9.17, 15) is 0 Å². The highest BCUT2D eigenvalue weighted by Crippen LogP contribution is 2.27. The Labute approximate surface area is 124 Å². The number of benzene rings is 1. The molecule has 0 saturated carbocycles. The lowest BCUT2D eigenvalue weighted by Gasteiger charge is -2.08. The van der Waals surface area contributed by atoms with Crippen LogP contribution in [0.5, 0.6) is 5.75 Å². The fourth-order valence-corrected chi connectivity index (χ4v) is 2.18. The lowest BCUT2D eigenvalue weighted by atomic mass is 10.2. The molecule has 0 unspecified atom stereocenters. The van der Waals surface area contributed by atoms with Crippen LogP contribution in [-0.4, -0.2) is 9.97 Å². The lowest BCUT2D eigenvalue weighted by molar-refractivity contribution is 0.303. The molecule has 1 aromatic carbocycles. The normalized spacial score (nSPS) is 10.4. The van der Waals surface area contributed by atoms with Crippen LogP contribution in [-0.2, 0) is 6.61 Å². The molecular formula is C15H11BrN2O2. The number of hydrogen-bond acceptors (Lipinski definition) is 4. The highest BCUT2D eigenvalue weighted by molar-refractivity contribution is 9.10. The average molecular weight is 331 g/mol. The van der Waals surface area contributed by atoms with Crippen molar-refractivity contribution in [3.8, 4) is 17.2 Å². The van der Waals surface area contributed by atoms with Crippen molar-refractivity contribution in [3.05, 3.63) is 65.2 Å². The van der Waals surface area contributed by atoms with E-state index in [0.29, 0.717) is 28.4 Å². The zero-order valence-corrected chi connectivity index (χ0v) is 12.1. The van der Waals surface area contributed by atoms with Gasteiger partial charge in [-0.3, -0.25) is 0 Å². The number of halogens is 1. The molecule has 2 heterocycles. The first-order valence-corrected chi connectivity index (χ1v) is 6.84. The van der Waals surface area contributed by atoms with Crippen LogP contribution in [0.3, 0.4) is 0 Å². The quantitative estimate of drug-likeness (QED) is 0.676. The second-order valence-electron chi connectivity index (χ2n) is 4.13. The van der Waals surface area contributed by atoms with E-state index >= 15 is 0 Å². The molecule has 0 radical (unpaired) electrons. The van der Waals surface area contributed by atoms with Gasteiger partial charge in [-0.05, 0) is 33.6 Å². The van der Waals surface area contributed by atoms with Gasteiger partial charge in [0.2, 0.25) is 0 Å². The van der Waals surface area contributed by atoms with Gasteiger partial charge in [-0.25, -0.2) is 9.97 Å². The van der Waals surface area contributed by atoms with Crippen LogP contribution in [0.25, 0.3) is 11.5 Å². The highest BCUT2D eigenvalue weighted by Gasteiger charge is 2.08. The maximum absolute atomic E-state index is 5.74. The van der Waals surface area contributed by atoms with Gasteiger partial charge in [0.05, 0.1) is 6.20 Å². The van der Waals surface area contributed by atoms with Gasteiger partial charge in [-0.15, -0.1) is 0 Å². The van der Waals surface area contributed by atoms with Crippen molar-refractivity contribution >= 4 is 15.9 Å². The molecule has 0 spiro atoms. The Balaban J connectivity index is 1.75. The molecule has 0 aliphatic carbocycles. The summed E-state index contributed by atoms with van der Waals surface area (Å²) >= 11 is 3.41. The van der Waals surface area contributed by atoms with Gasteiger partial charge in [-0.1, -0.05) is 30.3 Å². The maximum Gasteiger partial charge on any atom is 0.181 e. The van der Waals surface area contributed by atoms with E-state index in [1.165, 1.54) is 6.39 Å². The van der Waals surface area contributed by atoms with Gasteiger partial charge in [-0.2, -0.15) is 0 Å². The van der Waals surface area contributed by atoms with Crippen molar-refractivity contribution < 1.29 is 9.15 Å². The summed E-state index contributed by atoms with van der Waals surface area (Å²) in [6, 6.07) is 13.7. The monoisotopic (exact) mass is 330 g/mol. The van der Waals surface area contributed by atoms with E-state index in [1.54, 1.807) is 6.20 Å². The molecule has 2 aromatic heterocycles. The Kier molecular flexibility index (Phi) is 3.78. The molecule has 0 bridgehead atoms. The highest BCUT2D eigenvalue weighted by atomic mass is 79.9. The first-order valence-electron chi connectivity index (χ1n) is 6.05. The first kappa shape index (κ1) is 12.9. The van der Waals surface area contributed by atoms with Crippen LogP contribution >= 0.6 is 15.9 Å². The number of nitrogens with zero attached hydrogens (tertiary/aromatic N) is 2. The van der Waals surface area contributed by atoms with E-state index in [4.69, 9.17) is 9.15 Å². The molecule has 100 valence electrons. The van der Waals surface area contributed by atoms with Crippen molar-refractivity contribution in [2.75, 3.05) is 0 Å². The van der Waals surface area contributed by atoms with Crippen molar-refractivity contribution in [2.24, 2.45) is 0 Å². The molecule has 3 rings (SSSR count). The van der Waals surface area contributed by atoms with Crippen LogP contribution in [0.15, 0.2) is 64.1 Å². The average Bonchev–Trinajstić information content (AvgIpc) is 3.01. The zero-order chi connectivity index (χ0) is 13.8. The number of aromatic nitrogens is 2. The molecule has 0 aliphatic rings. The summed E-state index contributed by atoms with van der Waals surface area (Å²) in [7, 11) is 0. The fraction of sp³-hybridized carbons (Fsp3) is 0.0667.